The van der Waals surface area contributed by atoms with Crippen molar-refractivity contribution >= 4 is 27.3 Å². The highest BCUT2D eigenvalue weighted by molar-refractivity contribution is 7.89. The molecule has 1 aromatic carbocycles. The summed E-state index contributed by atoms with van der Waals surface area (Å²) < 4.78 is 32.5. The molecule has 0 spiro atoms. The molecule has 1 aliphatic heterocycles. The standard InChI is InChI=1S/C22H25N3O4S2/c26-22(23-16-20(21-6-4-14-30-21)25-11-1-2-12-25)17-7-9-19(10-8-17)31(27,28)24-15-18-5-3-13-29-18/h3-10,13-14,20,24H,1-2,11-12,15-16H2,(H,23,26). The highest BCUT2D eigenvalue weighted by Crippen LogP contribution is 2.28. The smallest absolute Gasteiger partial charge is 0.251 e. The first-order valence-electron chi connectivity index (χ1n) is 10.2. The van der Waals surface area contributed by atoms with Gasteiger partial charge in [-0.25, -0.2) is 13.1 Å². The van der Waals surface area contributed by atoms with Crippen LogP contribution >= 0.6 is 11.3 Å². The van der Waals surface area contributed by atoms with Gasteiger partial charge >= 0.3 is 0 Å². The number of hydrogen-bond acceptors (Lipinski definition) is 6. The summed E-state index contributed by atoms with van der Waals surface area (Å²) in [6, 6.07) is 13.6. The van der Waals surface area contributed by atoms with Crippen LogP contribution in [0.4, 0.5) is 0 Å². The van der Waals surface area contributed by atoms with Crippen molar-refractivity contribution in [2.24, 2.45) is 0 Å². The van der Waals surface area contributed by atoms with Crippen LogP contribution in [0.3, 0.4) is 0 Å². The number of carbonyl (C=O) groups is 1. The molecule has 2 aromatic heterocycles. The zero-order valence-electron chi connectivity index (χ0n) is 17.0. The lowest BCUT2D eigenvalue weighted by molar-refractivity contribution is 0.0938. The molecule has 4 rings (SSSR count). The topological polar surface area (TPSA) is 91.7 Å². The second-order valence-electron chi connectivity index (χ2n) is 7.41. The molecular formula is C22H25N3O4S2. The average molecular weight is 460 g/mol. The molecule has 1 saturated heterocycles. The molecule has 164 valence electrons. The monoisotopic (exact) mass is 459 g/mol. The average Bonchev–Trinajstić information content (AvgIpc) is 3.56. The van der Waals surface area contributed by atoms with Gasteiger partial charge in [0.2, 0.25) is 10.0 Å². The van der Waals surface area contributed by atoms with Crippen molar-refractivity contribution in [3.8, 4) is 0 Å². The van der Waals surface area contributed by atoms with Crippen molar-refractivity contribution in [1.82, 2.24) is 14.9 Å². The van der Waals surface area contributed by atoms with Crippen molar-refractivity contribution in [1.29, 1.82) is 0 Å². The molecule has 0 bridgehead atoms. The Kier molecular flexibility index (Phi) is 6.86. The first kappa shape index (κ1) is 21.8. The fraction of sp³-hybridized carbons (Fsp3) is 0.318. The number of nitrogens with one attached hydrogen (secondary N) is 2. The first-order chi connectivity index (χ1) is 15.0. The molecule has 0 saturated carbocycles. The van der Waals surface area contributed by atoms with Gasteiger partial charge in [0, 0.05) is 17.0 Å². The number of carbonyl (C=O) groups excluding carboxylic acids is 1. The van der Waals surface area contributed by atoms with Crippen LogP contribution in [-0.2, 0) is 16.6 Å². The molecule has 9 heteroatoms. The van der Waals surface area contributed by atoms with Crippen LogP contribution in [0.2, 0.25) is 0 Å². The van der Waals surface area contributed by atoms with Gasteiger partial charge in [-0.2, -0.15) is 0 Å². The van der Waals surface area contributed by atoms with Gasteiger partial charge in [-0.05, 0) is 73.8 Å². The van der Waals surface area contributed by atoms with E-state index in [-0.39, 0.29) is 23.4 Å². The lowest BCUT2D eigenvalue weighted by Gasteiger charge is -2.27. The van der Waals surface area contributed by atoms with Crippen molar-refractivity contribution in [2.45, 2.75) is 30.3 Å². The van der Waals surface area contributed by atoms with Crippen LogP contribution in [0.25, 0.3) is 0 Å². The van der Waals surface area contributed by atoms with Gasteiger partial charge in [0.25, 0.3) is 5.91 Å². The van der Waals surface area contributed by atoms with Gasteiger partial charge < -0.3 is 9.73 Å². The van der Waals surface area contributed by atoms with E-state index < -0.39 is 10.0 Å². The summed E-state index contributed by atoms with van der Waals surface area (Å²) in [5.41, 5.74) is 0.427. The molecule has 3 aromatic rings. The fourth-order valence-corrected chi connectivity index (χ4v) is 5.54. The third-order valence-electron chi connectivity index (χ3n) is 5.35. The van der Waals surface area contributed by atoms with Crippen molar-refractivity contribution in [3.63, 3.8) is 0 Å². The van der Waals surface area contributed by atoms with E-state index >= 15 is 0 Å². The number of sulfonamides is 1. The summed E-state index contributed by atoms with van der Waals surface area (Å²) in [7, 11) is -3.69. The van der Waals surface area contributed by atoms with Gasteiger partial charge in [-0.3, -0.25) is 9.69 Å². The molecule has 1 unspecified atom stereocenters. The van der Waals surface area contributed by atoms with E-state index in [2.05, 4.69) is 26.4 Å². The Morgan fingerprint density at radius 3 is 2.52 bits per heavy atom. The Hall–Kier alpha value is -2.46. The summed E-state index contributed by atoms with van der Waals surface area (Å²) in [4.78, 5) is 16.4. The molecule has 31 heavy (non-hydrogen) atoms. The summed E-state index contributed by atoms with van der Waals surface area (Å²) in [6.07, 6.45) is 3.85. The molecule has 1 atom stereocenters. The number of rotatable bonds is 9. The van der Waals surface area contributed by atoms with Crippen molar-refractivity contribution in [2.75, 3.05) is 19.6 Å². The molecular weight excluding hydrogens is 434 g/mol. The van der Waals surface area contributed by atoms with Crippen LogP contribution in [0.1, 0.15) is 39.9 Å². The zero-order valence-corrected chi connectivity index (χ0v) is 18.6. The highest BCUT2D eigenvalue weighted by atomic mass is 32.2. The molecule has 1 fully saturated rings. The van der Waals surface area contributed by atoms with Crippen LogP contribution in [0.5, 0.6) is 0 Å². The normalized spacial score (nSPS) is 15.7. The van der Waals surface area contributed by atoms with E-state index in [1.165, 1.54) is 48.2 Å². The van der Waals surface area contributed by atoms with Crippen molar-refractivity contribution < 1.29 is 17.6 Å². The number of thiophene rings is 1. The van der Waals surface area contributed by atoms with Gasteiger partial charge in [0.05, 0.1) is 23.7 Å². The van der Waals surface area contributed by atoms with E-state index in [1.54, 1.807) is 23.5 Å². The highest BCUT2D eigenvalue weighted by Gasteiger charge is 2.25. The Bertz CT molecular complexity index is 1070. The third kappa shape index (κ3) is 5.43. The molecule has 0 aliphatic carbocycles. The number of nitrogens with zero attached hydrogens (tertiary/aromatic N) is 1. The summed E-state index contributed by atoms with van der Waals surface area (Å²) in [6.45, 7) is 2.66. The van der Waals surface area contributed by atoms with Gasteiger partial charge in [0.1, 0.15) is 5.76 Å². The first-order valence-corrected chi connectivity index (χ1v) is 12.6. The molecule has 1 aliphatic rings. The predicted octanol–water partition coefficient (Wildman–Crippen LogP) is 3.39. The lowest BCUT2D eigenvalue weighted by Crippen LogP contribution is -2.36. The van der Waals surface area contributed by atoms with Crippen LogP contribution in [-0.4, -0.2) is 38.9 Å². The van der Waals surface area contributed by atoms with Crippen molar-refractivity contribution in [3.05, 3.63) is 76.4 Å². The molecule has 2 N–H and O–H groups in total. The number of benzene rings is 1. The number of furan rings is 1. The largest absolute Gasteiger partial charge is 0.468 e. The lowest BCUT2D eigenvalue weighted by atomic mass is 10.2. The fourth-order valence-electron chi connectivity index (χ4n) is 3.68. The number of likely N-dealkylation sites (tertiary alicyclic amines) is 1. The van der Waals surface area contributed by atoms with Gasteiger partial charge in [0.15, 0.2) is 0 Å². The summed E-state index contributed by atoms with van der Waals surface area (Å²) in [5.74, 6) is 0.311. The summed E-state index contributed by atoms with van der Waals surface area (Å²) in [5, 5.41) is 5.07. The maximum absolute atomic E-state index is 12.7. The predicted molar refractivity (Wildman–Crippen MR) is 119 cm³/mol. The Morgan fingerprint density at radius 2 is 1.87 bits per heavy atom. The minimum absolute atomic E-state index is 0.0676. The Balaban J connectivity index is 1.37. The van der Waals surface area contributed by atoms with Crippen LogP contribution in [0.15, 0.2) is 69.5 Å². The minimum Gasteiger partial charge on any atom is -0.468 e. The van der Waals surface area contributed by atoms with E-state index in [9.17, 15) is 13.2 Å². The second kappa shape index (κ2) is 9.78. The van der Waals surface area contributed by atoms with E-state index in [1.807, 2.05) is 6.07 Å². The maximum Gasteiger partial charge on any atom is 0.251 e. The van der Waals surface area contributed by atoms with Crippen LogP contribution in [0, 0.1) is 0 Å². The van der Waals surface area contributed by atoms with E-state index in [4.69, 9.17) is 4.42 Å². The summed E-state index contributed by atoms with van der Waals surface area (Å²) >= 11 is 1.70. The van der Waals surface area contributed by atoms with E-state index in [0.717, 1.165) is 13.1 Å². The minimum atomic E-state index is -3.69. The Morgan fingerprint density at radius 1 is 1.10 bits per heavy atom. The zero-order chi connectivity index (χ0) is 21.7. The molecule has 1 amide bonds. The van der Waals surface area contributed by atoms with Gasteiger partial charge in [-0.15, -0.1) is 11.3 Å². The molecule has 0 radical (unpaired) electrons. The Labute approximate surface area is 186 Å². The quantitative estimate of drug-likeness (QED) is 0.512. The van der Waals surface area contributed by atoms with Crippen LogP contribution < -0.4 is 10.0 Å². The second-order valence-corrected chi connectivity index (χ2v) is 10.2. The number of amides is 1. The number of hydrogen-bond donors (Lipinski definition) is 2. The maximum atomic E-state index is 12.7. The van der Waals surface area contributed by atoms with E-state index in [0.29, 0.717) is 17.9 Å². The third-order valence-corrected chi connectivity index (χ3v) is 7.74. The SMILES string of the molecule is O=C(NCC(c1cccs1)N1CCCC1)c1ccc(S(=O)(=O)NCc2ccco2)cc1. The van der Waals surface area contributed by atoms with Gasteiger partial charge in [-0.1, -0.05) is 6.07 Å². The molecule has 3 heterocycles. The molecule has 7 nitrogen and oxygen atoms in total.